The quantitative estimate of drug-likeness (QED) is 0.239. The van der Waals surface area contributed by atoms with E-state index in [1.54, 1.807) is 41.8 Å². The standard InChI is InChI=1S/C20H20N2O2.C17H15N3O2/c1-20(2,3)17-14-22(19(23)24-17)18-12-11-16(13-21-18)10-9-15-7-5-4-6-8-15;1-17(2)12-20(16(21)22-17)15-8-7-14(11-19-15)6-5-13-4-3-9-18-10-13/h4-8,11-13,17H,14H2,1-3H3;3-4,7-11H,12H2,1-2H3. The highest BCUT2D eigenvalue weighted by molar-refractivity contribution is 5.89. The summed E-state index contributed by atoms with van der Waals surface area (Å²) in [6, 6.07) is 20.8. The van der Waals surface area contributed by atoms with Crippen molar-refractivity contribution in [2.75, 3.05) is 22.9 Å². The molecule has 46 heavy (non-hydrogen) atoms. The van der Waals surface area contributed by atoms with Gasteiger partial charge in [0.25, 0.3) is 0 Å². The largest absolute Gasteiger partial charge is 0.443 e. The van der Waals surface area contributed by atoms with Gasteiger partial charge in [-0.15, -0.1) is 0 Å². The number of amides is 2. The first kappa shape index (κ1) is 31.7. The third-order valence-electron chi connectivity index (χ3n) is 7.09. The van der Waals surface area contributed by atoms with Gasteiger partial charge in [-0.2, -0.15) is 0 Å². The van der Waals surface area contributed by atoms with Crippen LogP contribution < -0.4 is 9.80 Å². The molecule has 1 unspecified atom stereocenters. The van der Waals surface area contributed by atoms with Crippen LogP contribution in [0.2, 0.25) is 0 Å². The molecule has 3 aromatic heterocycles. The van der Waals surface area contributed by atoms with Crippen molar-refractivity contribution in [3.8, 4) is 23.7 Å². The molecule has 1 aromatic carbocycles. The van der Waals surface area contributed by atoms with Crippen LogP contribution in [0, 0.1) is 29.1 Å². The van der Waals surface area contributed by atoms with Gasteiger partial charge in [-0.25, -0.2) is 19.6 Å². The second-order valence-corrected chi connectivity index (χ2v) is 12.5. The second-order valence-electron chi connectivity index (χ2n) is 12.5. The van der Waals surface area contributed by atoms with Gasteiger partial charge >= 0.3 is 12.2 Å². The minimum atomic E-state index is -0.489. The van der Waals surface area contributed by atoms with Crippen molar-refractivity contribution in [2.45, 2.75) is 46.3 Å². The van der Waals surface area contributed by atoms with E-state index in [2.05, 4.69) is 59.4 Å². The molecule has 0 saturated carbocycles. The number of ether oxygens (including phenoxy) is 2. The molecule has 6 rings (SSSR count). The van der Waals surface area contributed by atoms with E-state index in [1.165, 1.54) is 4.90 Å². The molecule has 2 amide bonds. The maximum atomic E-state index is 12.1. The van der Waals surface area contributed by atoms with E-state index in [0.717, 1.165) is 22.3 Å². The molecule has 232 valence electrons. The zero-order valence-corrected chi connectivity index (χ0v) is 26.5. The number of benzene rings is 1. The zero-order valence-electron chi connectivity index (χ0n) is 26.5. The van der Waals surface area contributed by atoms with Crippen LogP contribution in [0.25, 0.3) is 0 Å². The number of aromatic nitrogens is 3. The Hall–Kier alpha value is -5.67. The fraction of sp³-hybridized carbons (Fsp3) is 0.270. The lowest BCUT2D eigenvalue weighted by Gasteiger charge is -2.24. The Labute approximate surface area is 269 Å². The molecule has 9 nitrogen and oxygen atoms in total. The highest BCUT2D eigenvalue weighted by atomic mass is 16.6. The molecule has 1 atom stereocenters. The molecule has 4 aromatic rings. The predicted molar refractivity (Wildman–Crippen MR) is 176 cm³/mol. The first-order chi connectivity index (χ1) is 22.0. The van der Waals surface area contributed by atoms with Gasteiger partial charge in [0.2, 0.25) is 0 Å². The first-order valence-corrected chi connectivity index (χ1v) is 14.9. The van der Waals surface area contributed by atoms with Gasteiger partial charge in [0.05, 0.1) is 13.1 Å². The summed E-state index contributed by atoms with van der Waals surface area (Å²) < 4.78 is 10.7. The molecular weight excluding hydrogens is 578 g/mol. The van der Waals surface area contributed by atoms with Crippen molar-refractivity contribution in [3.63, 3.8) is 0 Å². The van der Waals surface area contributed by atoms with Gasteiger partial charge in [0.15, 0.2) is 0 Å². The fourth-order valence-corrected chi connectivity index (χ4v) is 4.53. The van der Waals surface area contributed by atoms with Crippen molar-refractivity contribution in [1.29, 1.82) is 0 Å². The van der Waals surface area contributed by atoms with Crippen LogP contribution in [0.5, 0.6) is 0 Å². The predicted octanol–water partition coefficient (Wildman–Crippen LogP) is 6.46. The highest BCUT2D eigenvalue weighted by Crippen LogP contribution is 2.30. The van der Waals surface area contributed by atoms with E-state index in [0.29, 0.717) is 24.7 Å². The van der Waals surface area contributed by atoms with Crippen LogP contribution in [0.1, 0.15) is 56.9 Å². The Morgan fingerprint density at radius 2 is 1.28 bits per heavy atom. The normalized spacial score (nSPS) is 16.6. The van der Waals surface area contributed by atoms with Crippen LogP contribution in [0.4, 0.5) is 21.2 Å². The lowest BCUT2D eigenvalue weighted by molar-refractivity contribution is 0.0728. The molecule has 9 heteroatoms. The maximum absolute atomic E-state index is 12.1. The van der Waals surface area contributed by atoms with Crippen molar-refractivity contribution < 1.29 is 19.1 Å². The van der Waals surface area contributed by atoms with Crippen LogP contribution in [0.15, 0.2) is 91.5 Å². The van der Waals surface area contributed by atoms with Gasteiger partial charge in [-0.05, 0) is 62.4 Å². The third kappa shape index (κ3) is 8.28. The number of rotatable bonds is 2. The van der Waals surface area contributed by atoms with E-state index < -0.39 is 5.60 Å². The van der Waals surface area contributed by atoms with Crippen LogP contribution in [-0.2, 0) is 9.47 Å². The van der Waals surface area contributed by atoms with Gasteiger partial charge in [0, 0.05) is 52.5 Å². The Kier molecular flexibility index (Phi) is 9.34. The Balaban J connectivity index is 0.000000182. The Bertz CT molecular complexity index is 1800. The average Bonchev–Trinajstić information content (AvgIpc) is 3.58. The molecule has 0 aliphatic carbocycles. The smallest absolute Gasteiger partial charge is 0.416 e. The topological polar surface area (TPSA) is 97.8 Å². The summed E-state index contributed by atoms with van der Waals surface area (Å²) in [4.78, 5) is 39.6. The van der Waals surface area contributed by atoms with E-state index in [-0.39, 0.29) is 23.7 Å². The molecule has 0 spiro atoms. The number of hydrogen-bond acceptors (Lipinski definition) is 7. The average molecular weight is 614 g/mol. The Morgan fingerprint density at radius 1 is 0.717 bits per heavy atom. The van der Waals surface area contributed by atoms with Crippen molar-refractivity contribution in [3.05, 3.63) is 114 Å². The molecule has 2 aliphatic heterocycles. The van der Waals surface area contributed by atoms with E-state index in [1.807, 2.05) is 68.4 Å². The first-order valence-electron chi connectivity index (χ1n) is 14.9. The summed E-state index contributed by atoms with van der Waals surface area (Å²) in [7, 11) is 0. The summed E-state index contributed by atoms with van der Waals surface area (Å²) in [5.41, 5.74) is 2.81. The molecule has 0 bridgehead atoms. The van der Waals surface area contributed by atoms with Gasteiger partial charge in [0.1, 0.15) is 23.3 Å². The van der Waals surface area contributed by atoms with E-state index in [9.17, 15) is 9.59 Å². The second kappa shape index (κ2) is 13.5. The summed E-state index contributed by atoms with van der Waals surface area (Å²) in [6.45, 7) is 10.9. The summed E-state index contributed by atoms with van der Waals surface area (Å²) >= 11 is 0. The minimum absolute atomic E-state index is 0.0918. The van der Waals surface area contributed by atoms with Gasteiger partial charge in [-0.3, -0.25) is 14.8 Å². The van der Waals surface area contributed by atoms with Gasteiger partial charge < -0.3 is 9.47 Å². The lowest BCUT2D eigenvalue weighted by Crippen LogP contribution is -2.31. The lowest BCUT2D eigenvalue weighted by atomic mass is 9.89. The van der Waals surface area contributed by atoms with E-state index in [4.69, 9.17) is 9.47 Å². The van der Waals surface area contributed by atoms with Crippen molar-refractivity contribution in [1.82, 2.24) is 15.0 Å². The highest BCUT2D eigenvalue weighted by Gasteiger charge is 2.40. The van der Waals surface area contributed by atoms with Crippen molar-refractivity contribution >= 4 is 23.8 Å². The van der Waals surface area contributed by atoms with Crippen LogP contribution in [0.3, 0.4) is 0 Å². The zero-order chi connectivity index (χ0) is 32.7. The van der Waals surface area contributed by atoms with E-state index >= 15 is 0 Å². The number of nitrogens with zero attached hydrogens (tertiary/aromatic N) is 5. The van der Waals surface area contributed by atoms with Crippen molar-refractivity contribution in [2.24, 2.45) is 5.41 Å². The fourth-order valence-electron chi connectivity index (χ4n) is 4.53. The Morgan fingerprint density at radius 3 is 1.76 bits per heavy atom. The molecule has 0 radical (unpaired) electrons. The molecule has 2 aliphatic rings. The third-order valence-corrected chi connectivity index (χ3v) is 7.09. The summed E-state index contributed by atoms with van der Waals surface area (Å²) in [6.07, 6.45) is 5.90. The number of anilines is 2. The molecule has 2 fully saturated rings. The number of pyridine rings is 3. The SMILES string of the molecule is CC(C)(C)C1CN(c2ccc(C#Cc3ccccc3)cn2)C(=O)O1.CC1(C)CN(c2ccc(C#Cc3cccnc3)cn2)C(=O)O1. The van der Waals surface area contributed by atoms with Crippen LogP contribution >= 0.6 is 0 Å². The number of carbonyl (C=O) groups excluding carboxylic acids is 2. The molecule has 2 saturated heterocycles. The number of cyclic esters (lactones) is 2. The van der Waals surface area contributed by atoms with Gasteiger partial charge in [-0.1, -0.05) is 62.7 Å². The molecular formula is C37H35N5O4. The monoisotopic (exact) mass is 613 g/mol. The van der Waals surface area contributed by atoms with Crippen LogP contribution in [-0.4, -0.2) is 51.9 Å². The number of carbonyl (C=O) groups is 2. The summed E-state index contributed by atoms with van der Waals surface area (Å²) in [5, 5.41) is 0. The number of hydrogen-bond donors (Lipinski definition) is 0. The molecule has 5 heterocycles. The molecule has 0 N–H and O–H groups in total. The minimum Gasteiger partial charge on any atom is -0.443 e. The summed E-state index contributed by atoms with van der Waals surface area (Å²) in [5.74, 6) is 13.4. The maximum Gasteiger partial charge on any atom is 0.416 e.